The molecule has 1 atom stereocenters. The molecule has 0 aliphatic heterocycles. The number of nitrogens with one attached hydrogen (secondary N) is 1. The normalized spacial score (nSPS) is 12.6. The number of rotatable bonds is 8. The Morgan fingerprint density at radius 3 is 3.06 bits per heavy atom. The monoisotopic (exact) mass is 258 g/mol. The molecular formula is C11H18N2OS2. The van der Waals surface area contributed by atoms with Crippen molar-refractivity contribution in [2.75, 3.05) is 12.3 Å². The maximum absolute atomic E-state index is 11.2. The van der Waals surface area contributed by atoms with Gasteiger partial charge >= 0.3 is 0 Å². The van der Waals surface area contributed by atoms with E-state index in [4.69, 9.17) is 5.73 Å². The molecule has 1 aromatic rings. The van der Waals surface area contributed by atoms with Crippen molar-refractivity contribution in [1.29, 1.82) is 0 Å². The van der Waals surface area contributed by atoms with Gasteiger partial charge in [-0.15, -0.1) is 23.1 Å². The van der Waals surface area contributed by atoms with Crippen LogP contribution in [0.25, 0.3) is 0 Å². The third kappa shape index (κ3) is 5.01. The number of carbonyl (C=O) groups excluding carboxylic acids is 1. The molecule has 3 N–H and O–H groups in total. The van der Waals surface area contributed by atoms with Gasteiger partial charge < -0.3 is 11.1 Å². The number of thioether (sulfide) groups is 1. The molecule has 1 heterocycles. The van der Waals surface area contributed by atoms with Crippen LogP contribution in [-0.2, 0) is 4.79 Å². The van der Waals surface area contributed by atoms with Crippen LogP contribution in [0.3, 0.4) is 0 Å². The van der Waals surface area contributed by atoms with Crippen LogP contribution in [-0.4, -0.2) is 24.2 Å². The van der Waals surface area contributed by atoms with Gasteiger partial charge in [-0.05, 0) is 30.8 Å². The van der Waals surface area contributed by atoms with Gasteiger partial charge in [0.2, 0.25) is 5.91 Å². The molecule has 0 radical (unpaired) electrons. The molecule has 0 aliphatic carbocycles. The third-order valence-corrected chi connectivity index (χ3v) is 4.29. The molecule has 1 amide bonds. The first kappa shape index (κ1) is 13.5. The summed E-state index contributed by atoms with van der Waals surface area (Å²) in [6.07, 6.45) is 1.81. The van der Waals surface area contributed by atoms with Gasteiger partial charge in [-0.1, -0.05) is 13.0 Å². The molecule has 0 saturated heterocycles. The highest BCUT2D eigenvalue weighted by Crippen LogP contribution is 2.24. The van der Waals surface area contributed by atoms with E-state index in [0.717, 1.165) is 25.1 Å². The number of hydrogen-bond donors (Lipinski definition) is 2. The van der Waals surface area contributed by atoms with E-state index in [9.17, 15) is 4.79 Å². The zero-order chi connectivity index (χ0) is 11.8. The molecule has 1 rings (SSSR count). The van der Waals surface area contributed by atoms with Crippen molar-refractivity contribution < 1.29 is 4.79 Å². The summed E-state index contributed by atoms with van der Waals surface area (Å²) in [6, 6.07) is 3.94. The topological polar surface area (TPSA) is 55.1 Å². The first-order chi connectivity index (χ1) is 7.74. The van der Waals surface area contributed by atoms with E-state index in [1.54, 1.807) is 23.1 Å². The standard InChI is InChI=1S/C11H18N2OS2/c1-2-6-13-9(11(12)14)5-8-16-10-4-3-7-15-10/h3-4,7,9,13H,2,5-6,8H2,1H3,(H2,12,14). The van der Waals surface area contributed by atoms with Gasteiger partial charge in [0.1, 0.15) is 0 Å². The maximum atomic E-state index is 11.2. The summed E-state index contributed by atoms with van der Waals surface area (Å²) in [5, 5.41) is 5.22. The van der Waals surface area contributed by atoms with Crippen LogP contribution < -0.4 is 11.1 Å². The average molecular weight is 258 g/mol. The minimum Gasteiger partial charge on any atom is -0.368 e. The van der Waals surface area contributed by atoms with Crippen LogP contribution in [0.2, 0.25) is 0 Å². The van der Waals surface area contributed by atoms with Gasteiger partial charge in [0.15, 0.2) is 0 Å². The number of hydrogen-bond acceptors (Lipinski definition) is 4. The van der Waals surface area contributed by atoms with Gasteiger partial charge in [0, 0.05) is 5.75 Å². The second-order valence-electron chi connectivity index (χ2n) is 3.48. The van der Waals surface area contributed by atoms with Crippen molar-refractivity contribution >= 4 is 29.0 Å². The van der Waals surface area contributed by atoms with Crippen molar-refractivity contribution in [3.05, 3.63) is 17.5 Å². The van der Waals surface area contributed by atoms with Gasteiger partial charge in [0.25, 0.3) is 0 Å². The van der Waals surface area contributed by atoms with Crippen molar-refractivity contribution in [1.82, 2.24) is 5.32 Å². The number of carbonyl (C=O) groups is 1. The van der Waals surface area contributed by atoms with E-state index in [-0.39, 0.29) is 11.9 Å². The number of thiophene rings is 1. The number of primary amides is 1. The summed E-state index contributed by atoms with van der Waals surface area (Å²) in [4.78, 5) is 11.2. The highest BCUT2D eigenvalue weighted by Gasteiger charge is 2.13. The number of amides is 1. The molecular weight excluding hydrogens is 240 g/mol. The zero-order valence-electron chi connectivity index (χ0n) is 9.44. The molecule has 1 aromatic heterocycles. The first-order valence-corrected chi connectivity index (χ1v) is 7.29. The van der Waals surface area contributed by atoms with Crippen LogP contribution in [0.15, 0.2) is 21.7 Å². The Kier molecular flexibility index (Phi) is 6.52. The highest BCUT2D eigenvalue weighted by atomic mass is 32.2. The summed E-state index contributed by atoms with van der Waals surface area (Å²) in [5.74, 6) is 0.672. The smallest absolute Gasteiger partial charge is 0.234 e. The lowest BCUT2D eigenvalue weighted by atomic mass is 10.2. The van der Waals surface area contributed by atoms with Crippen LogP contribution in [0.1, 0.15) is 19.8 Å². The van der Waals surface area contributed by atoms with Crippen LogP contribution in [0.5, 0.6) is 0 Å². The van der Waals surface area contributed by atoms with Crippen molar-refractivity contribution in [2.24, 2.45) is 5.73 Å². The predicted octanol–water partition coefficient (Wildman–Crippen LogP) is 2.08. The lowest BCUT2D eigenvalue weighted by Crippen LogP contribution is -2.41. The van der Waals surface area contributed by atoms with E-state index in [1.165, 1.54) is 4.21 Å². The van der Waals surface area contributed by atoms with E-state index >= 15 is 0 Å². The lowest BCUT2D eigenvalue weighted by Gasteiger charge is -2.13. The van der Waals surface area contributed by atoms with E-state index in [2.05, 4.69) is 23.7 Å². The summed E-state index contributed by atoms with van der Waals surface area (Å²) in [7, 11) is 0. The lowest BCUT2D eigenvalue weighted by molar-refractivity contribution is -0.120. The first-order valence-electron chi connectivity index (χ1n) is 5.43. The molecule has 5 heteroatoms. The molecule has 16 heavy (non-hydrogen) atoms. The zero-order valence-corrected chi connectivity index (χ0v) is 11.1. The van der Waals surface area contributed by atoms with Gasteiger partial charge in [-0.2, -0.15) is 0 Å². The van der Waals surface area contributed by atoms with E-state index in [0.29, 0.717) is 0 Å². The Morgan fingerprint density at radius 1 is 1.69 bits per heavy atom. The fourth-order valence-electron chi connectivity index (χ4n) is 1.29. The minimum atomic E-state index is -0.250. The maximum Gasteiger partial charge on any atom is 0.234 e. The summed E-state index contributed by atoms with van der Waals surface area (Å²) in [6.45, 7) is 2.92. The van der Waals surface area contributed by atoms with Crippen LogP contribution >= 0.6 is 23.1 Å². The summed E-state index contributed by atoms with van der Waals surface area (Å²) < 4.78 is 1.29. The van der Waals surface area contributed by atoms with Crippen LogP contribution in [0.4, 0.5) is 0 Å². The van der Waals surface area contributed by atoms with Crippen molar-refractivity contribution in [3.63, 3.8) is 0 Å². The average Bonchev–Trinajstić information content (AvgIpc) is 2.75. The SMILES string of the molecule is CCCNC(CCSc1cccs1)C(N)=O. The fraction of sp³-hybridized carbons (Fsp3) is 0.545. The molecule has 1 unspecified atom stereocenters. The molecule has 0 bridgehead atoms. The van der Waals surface area contributed by atoms with Crippen molar-refractivity contribution in [2.45, 2.75) is 30.0 Å². The van der Waals surface area contributed by atoms with Gasteiger partial charge in [-0.3, -0.25) is 4.79 Å². The molecule has 0 aromatic carbocycles. The molecule has 0 spiro atoms. The molecule has 0 fully saturated rings. The molecule has 3 nitrogen and oxygen atoms in total. The quantitative estimate of drug-likeness (QED) is 0.702. The summed E-state index contributed by atoms with van der Waals surface area (Å²) >= 11 is 3.50. The van der Waals surface area contributed by atoms with E-state index in [1.807, 2.05) is 6.07 Å². The Hall–Kier alpha value is -0.520. The minimum absolute atomic E-state index is 0.188. The molecule has 0 saturated carbocycles. The highest BCUT2D eigenvalue weighted by molar-refractivity contribution is 8.01. The van der Waals surface area contributed by atoms with Crippen molar-refractivity contribution in [3.8, 4) is 0 Å². The second-order valence-corrected chi connectivity index (χ2v) is 5.82. The second kappa shape index (κ2) is 7.70. The Labute approximate surface area is 105 Å². The predicted molar refractivity (Wildman–Crippen MR) is 70.9 cm³/mol. The van der Waals surface area contributed by atoms with Gasteiger partial charge in [0.05, 0.1) is 10.3 Å². The number of nitrogens with two attached hydrogens (primary N) is 1. The summed E-state index contributed by atoms with van der Waals surface area (Å²) in [5.41, 5.74) is 5.33. The van der Waals surface area contributed by atoms with Gasteiger partial charge in [-0.25, -0.2) is 0 Å². The third-order valence-electron chi connectivity index (χ3n) is 2.13. The fourth-order valence-corrected chi connectivity index (χ4v) is 3.15. The molecule has 90 valence electrons. The molecule has 0 aliphatic rings. The Balaban J connectivity index is 2.24. The largest absolute Gasteiger partial charge is 0.368 e. The van der Waals surface area contributed by atoms with Crippen LogP contribution in [0, 0.1) is 0 Å². The Bertz CT molecular complexity index is 301. The van der Waals surface area contributed by atoms with E-state index < -0.39 is 0 Å². The Morgan fingerprint density at radius 2 is 2.50 bits per heavy atom.